The normalized spacial score (nSPS) is 24.9. The maximum atomic E-state index is 9.23. The zero-order valence-corrected chi connectivity index (χ0v) is 10.5. The average molecular weight is 241 g/mol. The van der Waals surface area contributed by atoms with Gasteiger partial charge in [-0.2, -0.15) is 4.37 Å². The van der Waals surface area contributed by atoms with Crippen LogP contribution in [0.25, 0.3) is 0 Å². The first-order valence-corrected chi connectivity index (χ1v) is 6.80. The molecule has 1 aliphatic rings. The van der Waals surface area contributed by atoms with Crippen LogP contribution in [0.4, 0.5) is 5.13 Å². The summed E-state index contributed by atoms with van der Waals surface area (Å²) in [6.07, 6.45) is 5.48. The molecule has 0 amide bonds. The molecule has 2 atom stereocenters. The monoisotopic (exact) mass is 241 g/mol. The standard InChI is InChI=1S/C11H19N3OS/c1-2-4-10-13-11(16-14-10)12-9-6-3-5-8(9)7-15/h8-9,15H,2-7H2,1H3,(H,12,13,14). The van der Waals surface area contributed by atoms with Crippen LogP contribution < -0.4 is 5.32 Å². The first-order chi connectivity index (χ1) is 7.83. The summed E-state index contributed by atoms with van der Waals surface area (Å²) in [5.74, 6) is 1.33. The van der Waals surface area contributed by atoms with Crippen LogP contribution in [0.5, 0.6) is 0 Å². The van der Waals surface area contributed by atoms with Crippen LogP contribution in [0, 0.1) is 5.92 Å². The van der Waals surface area contributed by atoms with Gasteiger partial charge in [-0.15, -0.1) is 0 Å². The summed E-state index contributed by atoms with van der Waals surface area (Å²) in [4.78, 5) is 4.45. The molecule has 0 spiro atoms. The molecule has 1 aliphatic carbocycles. The zero-order valence-electron chi connectivity index (χ0n) is 9.65. The smallest absolute Gasteiger partial charge is 0.202 e. The number of aromatic nitrogens is 2. The van der Waals surface area contributed by atoms with E-state index in [0.717, 1.165) is 36.6 Å². The Labute approximate surface area is 100 Å². The van der Waals surface area contributed by atoms with Gasteiger partial charge in [-0.3, -0.25) is 0 Å². The molecule has 4 nitrogen and oxygen atoms in total. The van der Waals surface area contributed by atoms with Gasteiger partial charge in [0.2, 0.25) is 5.13 Å². The fourth-order valence-corrected chi connectivity index (χ4v) is 2.92. The molecule has 1 heterocycles. The lowest BCUT2D eigenvalue weighted by molar-refractivity contribution is 0.222. The summed E-state index contributed by atoms with van der Waals surface area (Å²) >= 11 is 1.44. The van der Waals surface area contributed by atoms with Crippen LogP contribution in [0.2, 0.25) is 0 Å². The van der Waals surface area contributed by atoms with Crippen LogP contribution in [0.3, 0.4) is 0 Å². The molecule has 2 unspecified atom stereocenters. The van der Waals surface area contributed by atoms with Crippen molar-refractivity contribution >= 4 is 16.7 Å². The predicted molar refractivity (Wildman–Crippen MR) is 65.7 cm³/mol. The Morgan fingerprint density at radius 3 is 3.12 bits per heavy atom. The second-order valence-electron chi connectivity index (χ2n) is 4.39. The third-order valence-corrected chi connectivity index (χ3v) is 3.83. The minimum Gasteiger partial charge on any atom is -0.396 e. The van der Waals surface area contributed by atoms with Crippen LogP contribution >= 0.6 is 11.5 Å². The maximum absolute atomic E-state index is 9.23. The SMILES string of the molecule is CCCc1nsc(NC2CCCC2CO)n1. The Morgan fingerprint density at radius 1 is 1.50 bits per heavy atom. The number of hydrogen-bond donors (Lipinski definition) is 2. The van der Waals surface area contributed by atoms with Gasteiger partial charge in [0.15, 0.2) is 0 Å². The number of aryl methyl sites for hydroxylation is 1. The highest BCUT2D eigenvalue weighted by Gasteiger charge is 2.27. The Morgan fingerprint density at radius 2 is 2.38 bits per heavy atom. The molecule has 1 fully saturated rings. The van der Waals surface area contributed by atoms with E-state index in [0.29, 0.717) is 12.0 Å². The minimum atomic E-state index is 0.276. The van der Waals surface area contributed by atoms with E-state index in [-0.39, 0.29) is 6.61 Å². The summed E-state index contributed by atoms with van der Waals surface area (Å²) in [6.45, 7) is 2.41. The Balaban J connectivity index is 1.92. The third kappa shape index (κ3) is 2.71. The summed E-state index contributed by atoms with van der Waals surface area (Å²) < 4.78 is 4.30. The van der Waals surface area contributed by atoms with Gasteiger partial charge in [-0.05, 0) is 19.3 Å². The molecular weight excluding hydrogens is 222 g/mol. The lowest BCUT2D eigenvalue weighted by Gasteiger charge is -2.17. The molecule has 0 radical (unpaired) electrons. The van der Waals surface area contributed by atoms with Crippen molar-refractivity contribution in [3.8, 4) is 0 Å². The van der Waals surface area contributed by atoms with Crippen LogP contribution in [0.15, 0.2) is 0 Å². The van der Waals surface area contributed by atoms with Gasteiger partial charge >= 0.3 is 0 Å². The first-order valence-electron chi connectivity index (χ1n) is 6.03. The molecule has 0 aliphatic heterocycles. The van der Waals surface area contributed by atoms with Crippen molar-refractivity contribution in [1.29, 1.82) is 0 Å². The van der Waals surface area contributed by atoms with Crippen molar-refractivity contribution in [2.75, 3.05) is 11.9 Å². The van der Waals surface area contributed by atoms with E-state index >= 15 is 0 Å². The van der Waals surface area contributed by atoms with Crippen molar-refractivity contribution in [3.05, 3.63) is 5.82 Å². The number of aliphatic hydroxyl groups excluding tert-OH is 1. The van der Waals surface area contributed by atoms with E-state index in [9.17, 15) is 5.11 Å². The van der Waals surface area contributed by atoms with Crippen LogP contribution in [0.1, 0.15) is 38.4 Å². The Bertz CT molecular complexity index is 329. The van der Waals surface area contributed by atoms with Gasteiger partial charge in [-0.1, -0.05) is 13.3 Å². The quantitative estimate of drug-likeness (QED) is 0.828. The van der Waals surface area contributed by atoms with Crippen LogP contribution in [-0.2, 0) is 6.42 Å². The van der Waals surface area contributed by atoms with E-state index in [1.807, 2.05) is 0 Å². The highest BCUT2D eigenvalue weighted by molar-refractivity contribution is 7.09. The van der Waals surface area contributed by atoms with Gasteiger partial charge in [0.05, 0.1) is 0 Å². The molecule has 90 valence electrons. The highest BCUT2D eigenvalue weighted by atomic mass is 32.1. The van der Waals surface area contributed by atoms with Crippen LogP contribution in [-0.4, -0.2) is 27.1 Å². The van der Waals surface area contributed by atoms with E-state index in [1.54, 1.807) is 0 Å². The molecule has 0 saturated heterocycles. The summed E-state index contributed by atoms with van der Waals surface area (Å²) in [5, 5.41) is 13.5. The molecular formula is C11H19N3OS. The van der Waals surface area contributed by atoms with Gasteiger partial charge in [0.1, 0.15) is 5.82 Å². The van der Waals surface area contributed by atoms with E-state index in [4.69, 9.17) is 0 Å². The van der Waals surface area contributed by atoms with Gasteiger partial charge < -0.3 is 10.4 Å². The van der Waals surface area contributed by atoms with Gasteiger partial charge in [0.25, 0.3) is 0 Å². The van der Waals surface area contributed by atoms with Crippen molar-refractivity contribution < 1.29 is 5.11 Å². The first kappa shape index (κ1) is 11.8. The molecule has 16 heavy (non-hydrogen) atoms. The van der Waals surface area contributed by atoms with Crippen molar-refractivity contribution in [3.63, 3.8) is 0 Å². The second-order valence-corrected chi connectivity index (χ2v) is 5.14. The summed E-state index contributed by atoms with van der Waals surface area (Å²) in [7, 11) is 0. The number of nitrogens with zero attached hydrogens (tertiary/aromatic N) is 2. The number of aliphatic hydroxyl groups is 1. The van der Waals surface area contributed by atoms with Gasteiger partial charge in [-0.25, -0.2) is 4.98 Å². The zero-order chi connectivity index (χ0) is 11.4. The number of nitrogens with one attached hydrogen (secondary N) is 1. The maximum Gasteiger partial charge on any atom is 0.202 e. The Kier molecular flexibility index (Phi) is 4.12. The summed E-state index contributed by atoms with van der Waals surface area (Å²) in [6, 6.07) is 0.382. The lowest BCUT2D eigenvalue weighted by atomic mass is 10.1. The fraction of sp³-hybridized carbons (Fsp3) is 0.818. The minimum absolute atomic E-state index is 0.276. The number of anilines is 1. The molecule has 1 aromatic rings. The topological polar surface area (TPSA) is 58.0 Å². The predicted octanol–water partition coefficient (Wildman–Crippen LogP) is 2.06. The second kappa shape index (κ2) is 5.59. The molecule has 0 aromatic carbocycles. The molecule has 1 saturated carbocycles. The summed E-state index contributed by atoms with van der Waals surface area (Å²) in [5.41, 5.74) is 0. The third-order valence-electron chi connectivity index (χ3n) is 3.14. The van der Waals surface area contributed by atoms with Crippen molar-refractivity contribution in [1.82, 2.24) is 9.36 Å². The fourth-order valence-electron chi connectivity index (χ4n) is 2.24. The average Bonchev–Trinajstić information content (AvgIpc) is 2.89. The van der Waals surface area contributed by atoms with E-state index in [1.165, 1.54) is 18.0 Å². The van der Waals surface area contributed by atoms with Gasteiger partial charge in [0, 0.05) is 36.5 Å². The molecule has 1 aromatic heterocycles. The largest absolute Gasteiger partial charge is 0.396 e. The van der Waals surface area contributed by atoms with E-state index < -0.39 is 0 Å². The highest BCUT2D eigenvalue weighted by Crippen LogP contribution is 2.28. The number of rotatable bonds is 5. The molecule has 2 rings (SSSR count). The van der Waals surface area contributed by atoms with E-state index in [2.05, 4.69) is 21.6 Å². The molecule has 0 bridgehead atoms. The lowest BCUT2D eigenvalue weighted by Crippen LogP contribution is -2.26. The van der Waals surface area contributed by atoms with Crippen molar-refractivity contribution in [2.24, 2.45) is 5.92 Å². The molecule has 2 N–H and O–H groups in total. The Hall–Kier alpha value is -0.680. The molecule has 5 heteroatoms. The number of hydrogen-bond acceptors (Lipinski definition) is 5. The van der Waals surface area contributed by atoms with Crippen molar-refractivity contribution in [2.45, 2.75) is 45.1 Å².